The lowest BCUT2D eigenvalue weighted by atomic mass is 9.96. The maximum Gasteiger partial charge on any atom is 0.0991 e. The van der Waals surface area contributed by atoms with Gasteiger partial charge in [-0.3, -0.25) is 0 Å². The van der Waals surface area contributed by atoms with Gasteiger partial charge in [0.25, 0.3) is 0 Å². The maximum absolute atomic E-state index is 8.89. The van der Waals surface area contributed by atoms with Crippen molar-refractivity contribution in [2.75, 3.05) is 5.75 Å². The molecule has 0 aliphatic rings. The molecule has 3 aromatic carbocycles. The van der Waals surface area contributed by atoms with Crippen molar-refractivity contribution in [3.8, 4) is 6.07 Å². The average molecular weight is 370 g/mol. The Bertz CT molecular complexity index is 896. The van der Waals surface area contributed by atoms with Crippen LogP contribution in [-0.4, -0.2) is 5.75 Å². The van der Waals surface area contributed by atoms with Crippen molar-refractivity contribution < 1.29 is 0 Å². The van der Waals surface area contributed by atoms with Gasteiger partial charge in [0, 0.05) is 11.5 Å². The monoisotopic (exact) mass is 369 g/mol. The summed E-state index contributed by atoms with van der Waals surface area (Å²) in [7, 11) is 0. The van der Waals surface area contributed by atoms with E-state index in [1.54, 1.807) is 0 Å². The van der Waals surface area contributed by atoms with E-state index >= 15 is 0 Å². The van der Waals surface area contributed by atoms with Crippen LogP contribution in [0.1, 0.15) is 33.4 Å². The Kier molecular flexibility index (Phi) is 6.52. The quantitative estimate of drug-likeness (QED) is 0.461. The maximum atomic E-state index is 8.89. The summed E-state index contributed by atoms with van der Waals surface area (Å²) in [4.78, 5) is 0. The zero-order valence-electron chi connectivity index (χ0n) is 15.8. The molecular weight excluding hydrogens is 346 g/mol. The molecule has 0 aliphatic heterocycles. The van der Waals surface area contributed by atoms with Gasteiger partial charge in [-0.25, -0.2) is 0 Å². The van der Waals surface area contributed by atoms with Gasteiger partial charge in [-0.2, -0.15) is 17.0 Å². The SMILES string of the molecule is Cc1ccc(C(=CCSCc2ccc(C#N)cc2)c2ccc(C)cc2)cc1. The van der Waals surface area contributed by atoms with E-state index in [-0.39, 0.29) is 0 Å². The fourth-order valence-electron chi connectivity index (χ4n) is 2.86. The van der Waals surface area contributed by atoms with Gasteiger partial charge in [0.05, 0.1) is 11.6 Å². The van der Waals surface area contributed by atoms with Crippen LogP contribution in [0.2, 0.25) is 0 Å². The van der Waals surface area contributed by atoms with E-state index in [4.69, 9.17) is 5.26 Å². The largest absolute Gasteiger partial charge is 0.192 e. The van der Waals surface area contributed by atoms with Crippen LogP contribution in [0.25, 0.3) is 5.57 Å². The molecule has 3 aromatic rings. The molecule has 0 radical (unpaired) electrons. The van der Waals surface area contributed by atoms with Crippen molar-refractivity contribution in [2.45, 2.75) is 19.6 Å². The fraction of sp³-hybridized carbons (Fsp3) is 0.160. The Morgan fingerprint density at radius 3 is 1.81 bits per heavy atom. The second kappa shape index (κ2) is 9.26. The van der Waals surface area contributed by atoms with E-state index in [9.17, 15) is 0 Å². The first-order chi connectivity index (χ1) is 13.2. The molecule has 134 valence electrons. The molecule has 0 aliphatic carbocycles. The molecule has 0 N–H and O–H groups in total. The number of rotatable bonds is 6. The molecule has 3 rings (SSSR count). The molecule has 2 heteroatoms. The Morgan fingerprint density at radius 2 is 1.33 bits per heavy atom. The second-order valence-corrected chi connectivity index (χ2v) is 7.70. The Labute approximate surface area is 166 Å². The van der Waals surface area contributed by atoms with Gasteiger partial charge in [-0.15, -0.1) is 0 Å². The lowest BCUT2D eigenvalue weighted by Crippen LogP contribution is -1.91. The molecule has 0 amide bonds. The Hall–Kier alpha value is -2.76. The van der Waals surface area contributed by atoms with E-state index in [1.165, 1.54) is 33.4 Å². The van der Waals surface area contributed by atoms with Crippen LogP contribution in [0, 0.1) is 25.2 Å². The second-order valence-electron chi connectivity index (χ2n) is 6.67. The molecule has 0 unspecified atom stereocenters. The molecule has 27 heavy (non-hydrogen) atoms. The van der Waals surface area contributed by atoms with Crippen LogP contribution < -0.4 is 0 Å². The molecule has 0 atom stereocenters. The Morgan fingerprint density at radius 1 is 0.815 bits per heavy atom. The summed E-state index contributed by atoms with van der Waals surface area (Å²) in [5, 5.41) is 8.89. The van der Waals surface area contributed by atoms with Crippen molar-refractivity contribution in [3.05, 3.63) is 112 Å². The lowest BCUT2D eigenvalue weighted by Gasteiger charge is -2.10. The highest BCUT2D eigenvalue weighted by Crippen LogP contribution is 2.25. The number of nitriles is 1. The van der Waals surface area contributed by atoms with E-state index < -0.39 is 0 Å². The van der Waals surface area contributed by atoms with Gasteiger partial charge in [0.2, 0.25) is 0 Å². The van der Waals surface area contributed by atoms with Gasteiger partial charge in [0.15, 0.2) is 0 Å². The van der Waals surface area contributed by atoms with Crippen LogP contribution in [0.4, 0.5) is 0 Å². The molecule has 0 spiro atoms. The van der Waals surface area contributed by atoms with Crippen molar-refractivity contribution in [2.24, 2.45) is 0 Å². The van der Waals surface area contributed by atoms with Gasteiger partial charge in [-0.1, -0.05) is 77.9 Å². The average Bonchev–Trinajstić information content (AvgIpc) is 2.70. The normalized spacial score (nSPS) is 10.3. The number of aryl methyl sites for hydroxylation is 2. The third-order valence-electron chi connectivity index (χ3n) is 4.48. The number of hydrogen-bond acceptors (Lipinski definition) is 2. The highest BCUT2D eigenvalue weighted by atomic mass is 32.2. The van der Waals surface area contributed by atoms with Crippen LogP contribution in [0.3, 0.4) is 0 Å². The van der Waals surface area contributed by atoms with Gasteiger partial charge >= 0.3 is 0 Å². The van der Waals surface area contributed by atoms with E-state index in [2.05, 4.69) is 74.5 Å². The van der Waals surface area contributed by atoms with Gasteiger partial charge < -0.3 is 0 Å². The third kappa shape index (κ3) is 5.36. The standard InChI is InChI=1S/C25H23NS/c1-19-3-11-23(12-4-19)25(24-13-5-20(2)6-14-24)15-16-27-18-22-9-7-21(17-26)8-10-22/h3-15H,16,18H2,1-2H3. The molecular formula is C25H23NS. The Balaban J connectivity index is 1.74. The number of hydrogen-bond donors (Lipinski definition) is 0. The summed E-state index contributed by atoms with van der Waals surface area (Å²) in [6.45, 7) is 4.24. The predicted octanol–water partition coefficient (Wildman–Crippen LogP) is 6.54. The molecule has 1 nitrogen and oxygen atoms in total. The third-order valence-corrected chi connectivity index (χ3v) is 5.42. The zero-order valence-corrected chi connectivity index (χ0v) is 16.6. The summed E-state index contributed by atoms with van der Waals surface area (Å²) < 4.78 is 0. The first-order valence-electron chi connectivity index (χ1n) is 9.07. The number of thioether (sulfide) groups is 1. The predicted molar refractivity (Wildman–Crippen MR) is 117 cm³/mol. The number of nitrogens with zero attached hydrogens (tertiary/aromatic N) is 1. The fourth-order valence-corrected chi connectivity index (χ4v) is 3.69. The van der Waals surface area contributed by atoms with Gasteiger partial charge in [0.1, 0.15) is 0 Å². The highest BCUT2D eigenvalue weighted by molar-refractivity contribution is 7.98. The highest BCUT2D eigenvalue weighted by Gasteiger charge is 2.05. The molecule has 0 saturated heterocycles. The summed E-state index contributed by atoms with van der Waals surface area (Å²) >= 11 is 1.88. The van der Waals surface area contributed by atoms with Crippen LogP contribution in [0.5, 0.6) is 0 Å². The minimum absolute atomic E-state index is 0.713. The molecule has 0 saturated carbocycles. The molecule has 0 aromatic heterocycles. The lowest BCUT2D eigenvalue weighted by molar-refractivity contribution is 1.39. The minimum atomic E-state index is 0.713. The minimum Gasteiger partial charge on any atom is -0.192 e. The molecule has 0 heterocycles. The first-order valence-corrected chi connectivity index (χ1v) is 10.2. The number of benzene rings is 3. The van der Waals surface area contributed by atoms with Crippen molar-refractivity contribution >= 4 is 17.3 Å². The topological polar surface area (TPSA) is 23.8 Å². The van der Waals surface area contributed by atoms with Crippen molar-refractivity contribution in [3.63, 3.8) is 0 Å². The zero-order chi connectivity index (χ0) is 19.1. The molecule has 0 fully saturated rings. The van der Waals surface area contributed by atoms with Crippen molar-refractivity contribution in [1.82, 2.24) is 0 Å². The summed E-state index contributed by atoms with van der Waals surface area (Å²) in [6.07, 6.45) is 2.32. The molecule has 0 bridgehead atoms. The van der Waals surface area contributed by atoms with E-state index in [0.29, 0.717) is 5.56 Å². The van der Waals surface area contributed by atoms with Crippen molar-refractivity contribution in [1.29, 1.82) is 5.26 Å². The van der Waals surface area contributed by atoms with E-state index in [0.717, 1.165) is 11.5 Å². The first kappa shape index (κ1) is 19.0. The smallest absolute Gasteiger partial charge is 0.0991 e. The summed E-state index contributed by atoms with van der Waals surface area (Å²) in [5.41, 5.74) is 8.30. The van der Waals surface area contributed by atoms with Crippen LogP contribution in [-0.2, 0) is 5.75 Å². The summed E-state index contributed by atoms with van der Waals surface area (Å²) in [6, 6.07) is 27.5. The summed E-state index contributed by atoms with van der Waals surface area (Å²) in [5.74, 6) is 1.88. The van der Waals surface area contributed by atoms with Crippen LogP contribution in [0.15, 0.2) is 78.9 Å². The van der Waals surface area contributed by atoms with Gasteiger partial charge in [-0.05, 0) is 48.2 Å². The van der Waals surface area contributed by atoms with Crippen LogP contribution >= 0.6 is 11.8 Å². The van der Waals surface area contributed by atoms with E-state index in [1.807, 2.05) is 36.0 Å².